The van der Waals surface area contributed by atoms with E-state index in [0.717, 1.165) is 22.3 Å². The summed E-state index contributed by atoms with van der Waals surface area (Å²) in [6.07, 6.45) is 0.935. The molecule has 0 saturated heterocycles. The molecule has 0 spiro atoms. The molecule has 0 aliphatic carbocycles. The summed E-state index contributed by atoms with van der Waals surface area (Å²) >= 11 is 3.68. The van der Waals surface area contributed by atoms with Gasteiger partial charge < -0.3 is 10.1 Å². The highest BCUT2D eigenvalue weighted by atomic mass is 79.9. The predicted molar refractivity (Wildman–Crippen MR) is 91.0 cm³/mol. The lowest BCUT2D eigenvalue weighted by Gasteiger charge is -2.38. The minimum Gasteiger partial charge on any atom is -0.487 e. The highest BCUT2D eigenvalue weighted by molar-refractivity contribution is 9.10. The SMILES string of the molecule is Cc1cccc(NC2CC(C)(C)Oc3ccccc32)c1Br. The fraction of sp³-hybridized carbons (Fsp3) is 0.333. The van der Waals surface area contributed by atoms with Crippen molar-refractivity contribution < 1.29 is 4.74 Å². The van der Waals surface area contributed by atoms with Gasteiger partial charge in [0.15, 0.2) is 0 Å². The van der Waals surface area contributed by atoms with Gasteiger partial charge in [-0.05, 0) is 54.4 Å². The van der Waals surface area contributed by atoms with Crippen molar-refractivity contribution in [2.75, 3.05) is 5.32 Å². The molecule has 0 fully saturated rings. The summed E-state index contributed by atoms with van der Waals surface area (Å²) in [7, 11) is 0. The molecular weight excluding hydrogens is 326 g/mol. The van der Waals surface area contributed by atoms with Gasteiger partial charge in [0.05, 0.1) is 6.04 Å². The van der Waals surface area contributed by atoms with E-state index in [0.29, 0.717) is 0 Å². The zero-order valence-corrected chi connectivity index (χ0v) is 14.2. The van der Waals surface area contributed by atoms with Gasteiger partial charge in [0, 0.05) is 22.1 Å². The molecule has 21 heavy (non-hydrogen) atoms. The fourth-order valence-electron chi connectivity index (χ4n) is 2.88. The van der Waals surface area contributed by atoms with Crippen LogP contribution in [-0.2, 0) is 0 Å². The summed E-state index contributed by atoms with van der Waals surface area (Å²) in [5.74, 6) is 0.982. The Morgan fingerprint density at radius 2 is 1.90 bits per heavy atom. The van der Waals surface area contributed by atoms with Crippen LogP contribution in [0.5, 0.6) is 5.75 Å². The molecule has 1 atom stereocenters. The van der Waals surface area contributed by atoms with Crippen LogP contribution in [0, 0.1) is 6.92 Å². The molecule has 1 unspecified atom stereocenters. The Hall–Kier alpha value is -1.48. The molecule has 0 bridgehead atoms. The van der Waals surface area contributed by atoms with Crippen LogP contribution in [0.25, 0.3) is 0 Å². The Morgan fingerprint density at radius 1 is 1.14 bits per heavy atom. The summed E-state index contributed by atoms with van der Waals surface area (Å²) in [6.45, 7) is 6.39. The van der Waals surface area contributed by atoms with Crippen LogP contribution in [0.2, 0.25) is 0 Å². The zero-order valence-electron chi connectivity index (χ0n) is 12.6. The van der Waals surface area contributed by atoms with Gasteiger partial charge in [-0.3, -0.25) is 0 Å². The third-order valence-electron chi connectivity index (χ3n) is 3.90. The molecule has 3 rings (SSSR count). The number of halogens is 1. The number of benzene rings is 2. The van der Waals surface area contributed by atoms with Crippen LogP contribution in [0.4, 0.5) is 5.69 Å². The van der Waals surface area contributed by atoms with Crippen molar-refractivity contribution in [3.05, 3.63) is 58.1 Å². The van der Waals surface area contributed by atoms with Crippen LogP contribution in [0.15, 0.2) is 46.9 Å². The lowest BCUT2D eigenvalue weighted by Crippen LogP contribution is -2.37. The number of anilines is 1. The average Bonchev–Trinajstić information content (AvgIpc) is 2.42. The highest BCUT2D eigenvalue weighted by Crippen LogP contribution is 2.42. The number of rotatable bonds is 2. The second kappa shape index (κ2) is 5.38. The third-order valence-corrected chi connectivity index (χ3v) is 4.95. The molecule has 0 amide bonds. The number of fused-ring (bicyclic) bond motifs is 1. The van der Waals surface area contributed by atoms with E-state index in [1.165, 1.54) is 11.1 Å². The van der Waals surface area contributed by atoms with E-state index in [2.05, 4.69) is 78.4 Å². The van der Waals surface area contributed by atoms with Crippen LogP contribution >= 0.6 is 15.9 Å². The highest BCUT2D eigenvalue weighted by Gasteiger charge is 2.33. The van der Waals surface area contributed by atoms with E-state index in [9.17, 15) is 0 Å². The second-order valence-corrected chi connectivity index (χ2v) is 7.03. The quantitative estimate of drug-likeness (QED) is 0.778. The number of nitrogens with one attached hydrogen (secondary N) is 1. The second-order valence-electron chi connectivity index (χ2n) is 6.24. The number of hydrogen-bond donors (Lipinski definition) is 1. The van der Waals surface area contributed by atoms with Gasteiger partial charge in [-0.25, -0.2) is 0 Å². The van der Waals surface area contributed by atoms with E-state index in [4.69, 9.17) is 4.74 Å². The first-order valence-corrected chi connectivity index (χ1v) is 8.05. The van der Waals surface area contributed by atoms with Crippen LogP contribution < -0.4 is 10.1 Å². The number of aryl methyl sites for hydroxylation is 1. The van der Waals surface area contributed by atoms with E-state index < -0.39 is 0 Å². The molecule has 2 nitrogen and oxygen atoms in total. The molecule has 0 aromatic heterocycles. The van der Waals surface area contributed by atoms with Crippen molar-refractivity contribution in [1.29, 1.82) is 0 Å². The molecule has 0 radical (unpaired) electrons. The first kappa shape index (κ1) is 14.5. The molecule has 1 heterocycles. The molecular formula is C18H20BrNO. The van der Waals surface area contributed by atoms with E-state index in [1.54, 1.807) is 0 Å². The summed E-state index contributed by atoms with van der Waals surface area (Å²) in [4.78, 5) is 0. The third kappa shape index (κ3) is 2.93. The normalized spacial score (nSPS) is 19.5. The maximum atomic E-state index is 6.09. The standard InChI is InChI=1S/C18H20BrNO/c1-12-7-6-9-14(17(12)19)20-15-11-18(2,3)21-16-10-5-4-8-13(15)16/h4-10,15,20H,11H2,1-3H3. The Kier molecular flexibility index (Phi) is 3.70. The Labute approximate surface area is 134 Å². The van der Waals surface area contributed by atoms with Crippen molar-refractivity contribution >= 4 is 21.6 Å². The van der Waals surface area contributed by atoms with Crippen molar-refractivity contribution in [1.82, 2.24) is 0 Å². The smallest absolute Gasteiger partial charge is 0.125 e. The maximum Gasteiger partial charge on any atom is 0.125 e. The Balaban J connectivity index is 1.96. The van der Waals surface area contributed by atoms with Gasteiger partial charge in [-0.1, -0.05) is 30.3 Å². The van der Waals surface area contributed by atoms with Crippen molar-refractivity contribution in [3.63, 3.8) is 0 Å². The van der Waals surface area contributed by atoms with Crippen molar-refractivity contribution in [2.45, 2.75) is 38.8 Å². The molecule has 110 valence electrons. The van der Waals surface area contributed by atoms with Gasteiger partial charge in [0.2, 0.25) is 0 Å². The Morgan fingerprint density at radius 3 is 2.71 bits per heavy atom. The van der Waals surface area contributed by atoms with Gasteiger partial charge in [-0.15, -0.1) is 0 Å². The summed E-state index contributed by atoms with van der Waals surface area (Å²) in [5, 5.41) is 3.67. The fourth-order valence-corrected chi connectivity index (χ4v) is 3.26. The minimum absolute atomic E-state index is 0.164. The molecule has 1 N–H and O–H groups in total. The number of hydrogen-bond acceptors (Lipinski definition) is 2. The van der Waals surface area contributed by atoms with Gasteiger partial charge >= 0.3 is 0 Å². The number of ether oxygens (including phenoxy) is 1. The van der Waals surface area contributed by atoms with Crippen molar-refractivity contribution in [2.24, 2.45) is 0 Å². The molecule has 1 aliphatic rings. The average molecular weight is 346 g/mol. The lowest BCUT2D eigenvalue weighted by molar-refractivity contribution is 0.0759. The minimum atomic E-state index is -0.164. The molecule has 2 aromatic carbocycles. The summed E-state index contributed by atoms with van der Waals surface area (Å²) < 4.78 is 7.22. The van der Waals surface area contributed by atoms with Gasteiger partial charge in [0.25, 0.3) is 0 Å². The maximum absolute atomic E-state index is 6.09. The summed E-state index contributed by atoms with van der Waals surface area (Å²) in [6, 6.07) is 14.9. The van der Waals surface area contributed by atoms with E-state index in [-0.39, 0.29) is 11.6 Å². The topological polar surface area (TPSA) is 21.3 Å². The monoisotopic (exact) mass is 345 g/mol. The van der Waals surface area contributed by atoms with Crippen molar-refractivity contribution in [3.8, 4) is 5.75 Å². The van der Waals surface area contributed by atoms with E-state index >= 15 is 0 Å². The predicted octanol–water partition coefficient (Wildman–Crippen LogP) is 5.47. The number of para-hydroxylation sites is 1. The molecule has 1 aliphatic heterocycles. The molecule has 0 saturated carbocycles. The first-order valence-electron chi connectivity index (χ1n) is 7.26. The Bertz CT molecular complexity index is 666. The van der Waals surface area contributed by atoms with Gasteiger partial charge in [0.1, 0.15) is 11.4 Å². The van der Waals surface area contributed by atoms with Crippen LogP contribution in [0.3, 0.4) is 0 Å². The largest absolute Gasteiger partial charge is 0.487 e. The van der Waals surface area contributed by atoms with E-state index in [1.807, 2.05) is 6.07 Å². The van der Waals surface area contributed by atoms with Crippen LogP contribution in [-0.4, -0.2) is 5.60 Å². The molecule has 2 aromatic rings. The first-order chi connectivity index (χ1) is 9.96. The van der Waals surface area contributed by atoms with Crippen LogP contribution in [0.1, 0.15) is 37.4 Å². The zero-order chi connectivity index (χ0) is 15.0. The molecule has 3 heteroatoms. The lowest BCUT2D eigenvalue weighted by atomic mass is 9.89. The van der Waals surface area contributed by atoms with Gasteiger partial charge in [-0.2, -0.15) is 0 Å². The summed E-state index contributed by atoms with van der Waals surface area (Å²) in [5.41, 5.74) is 3.43.